The average molecular weight is 362 g/mol. The highest BCUT2D eigenvalue weighted by molar-refractivity contribution is 14.1. The van der Waals surface area contributed by atoms with Crippen molar-refractivity contribution >= 4 is 40.2 Å². The number of halogens is 1. The maximum Gasteiger partial charge on any atom is 0.304 e. The van der Waals surface area contributed by atoms with Crippen LogP contribution in [-0.2, 0) is 9.59 Å². The molecular weight excluding hydrogens is 347 g/mol. The Bertz CT molecular complexity index is 437. The Kier molecular flexibility index (Phi) is 6.06. The van der Waals surface area contributed by atoms with Gasteiger partial charge in [-0.05, 0) is 47.8 Å². The monoisotopic (exact) mass is 362 g/mol. The zero-order chi connectivity index (χ0) is 13.5. The largest absolute Gasteiger partial charge is 0.481 e. The first-order valence-electron chi connectivity index (χ1n) is 5.43. The van der Waals surface area contributed by atoms with Gasteiger partial charge in [-0.2, -0.15) is 0 Å². The van der Waals surface area contributed by atoms with Gasteiger partial charge in [0.15, 0.2) is 0 Å². The van der Waals surface area contributed by atoms with Gasteiger partial charge < -0.3 is 10.4 Å². The number of carbonyl (C=O) groups excluding carboxylic acids is 1. The lowest BCUT2D eigenvalue weighted by molar-refractivity contribution is -0.137. The van der Waals surface area contributed by atoms with Crippen molar-refractivity contribution in [2.45, 2.75) is 6.42 Å². The maximum absolute atomic E-state index is 11.7. The lowest BCUT2D eigenvalue weighted by atomic mass is 10.3. The SMILES string of the molecule is CN(CCC(=O)O)CC(=O)Nc1cccc(I)c1. The van der Waals surface area contributed by atoms with Crippen molar-refractivity contribution in [3.8, 4) is 0 Å². The van der Waals surface area contributed by atoms with E-state index in [4.69, 9.17) is 5.11 Å². The van der Waals surface area contributed by atoms with Crippen LogP contribution in [0, 0.1) is 3.57 Å². The number of anilines is 1. The van der Waals surface area contributed by atoms with Crippen LogP contribution >= 0.6 is 22.6 Å². The Labute approximate surface area is 119 Å². The van der Waals surface area contributed by atoms with Crippen molar-refractivity contribution in [2.75, 3.05) is 25.5 Å². The van der Waals surface area contributed by atoms with Gasteiger partial charge in [0.05, 0.1) is 13.0 Å². The Morgan fingerprint density at radius 2 is 2.17 bits per heavy atom. The molecule has 2 N–H and O–H groups in total. The maximum atomic E-state index is 11.7. The molecule has 0 aliphatic heterocycles. The Morgan fingerprint density at radius 1 is 1.44 bits per heavy atom. The molecule has 5 nitrogen and oxygen atoms in total. The predicted molar refractivity (Wildman–Crippen MR) is 77.5 cm³/mol. The number of amides is 1. The number of nitrogens with zero attached hydrogens (tertiary/aromatic N) is 1. The van der Waals surface area contributed by atoms with Crippen LogP contribution in [0.15, 0.2) is 24.3 Å². The topological polar surface area (TPSA) is 69.6 Å². The van der Waals surface area contributed by atoms with E-state index in [1.807, 2.05) is 24.3 Å². The Hall–Kier alpha value is -1.15. The third kappa shape index (κ3) is 5.97. The number of rotatable bonds is 6. The molecule has 1 amide bonds. The molecular formula is C12H15IN2O3. The van der Waals surface area contributed by atoms with E-state index in [1.165, 1.54) is 0 Å². The van der Waals surface area contributed by atoms with Gasteiger partial charge in [0.25, 0.3) is 0 Å². The summed E-state index contributed by atoms with van der Waals surface area (Å²) < 4.78 is 1.05. The molecule has 0 fully saturated rings. The predicted octanol–water partition coefficient (Wildman–Crippen LogP) is 1.64. The second kappa shape index (κ2) is 7.32. The lowest BCUT2D eigenvalue weighted by Crippen LogP contribution is -2.31. The van der Waals surface area contributed by atoms with Crippen molar-refractivity contribution in [1.82, 2.24) is 4.90 Å². The number of likely N-dealkylation sites (N-methyl/N-ethyl adjacent to an activating group) is 1. The summed E-state index contributed by atoms with van der Waals surface area (Å²) in [7, 11) is 1.72. The van der Waals surface area contributed by atoms with E-state index < -0.39 is 5.97 Å². The number of carboxylic acids is 1. The molecule has 0 radical (unpaired) electrons. The molecule has 1 aromatic carbocycles. The summed E-state index contributed by atoms with van der Waals surface area (Å²) in [6.07, 6.45) is 0.0347. The number of carbonyl (C=O) groups is 2. The first kappa shape index (κ1) is 14.9. The number of hydrogen-bond acceptors (Lipinski definition) is 3. The molecule has 0 aromatic heterocycles. The smallest absolute Gasteiger partial charge is 0.304 e. The fourth-order valence-corrected chi connectivity index (χ4v) is 1.92. The van der Waals surface area contributed by atoms with E-state index in [0.29, 0.717) is 6.54 Å². The molecule has 0 aliphatic carbocycles. The summed E-state index contributed by atoms with van der Waals surface area (Å²) in [4.78, 5) is 23.7. The van der Waals surface area contributed by atoms with Crippen LogP contribution < -0.4 is 5.32 Å². The molecule has 0 heterocycles. The van der Waals surface area contributed by atoms with Crippen molar-refractivity contribution in [3.05, 3.63) is 27.8 Å². The quantitative estimate of drug-likeness (QED) is 0.755. The standard InChI is InChI=1S/C12H15IN2O3/c1-15(6-5-12(17)18)8-11(16)14-10-4-2-3-9(13)7-10/h2-4,7H,5-6,8H2,1H3,(H,14,16)(H,17,18). The number of hydrogen-bond donors (Lipinski definition) is 2. The number of carboxylic acid groups (broad SMARTS) is 1. The molecule has 0 atom stereocenters. The summed E-state index contributed by atoms with van der Waals surface area (Å²) in [6, 6.07) is 7.49. The third-order valence-corrected chi connectivity index (χ3v) is 2.90. The summed E-state index contributed by atoms with van der Waals surface area (Å²) >= 11 is 2.17. The van der Waals surface area contributed by atoms with Crippen LogP contribution in [0.3, 0.4) is 0 Å². The Morgan fingerprint density at radius 3 is 2.78 bits per heavy atom. The first-order chi connectivity index (χ1) is 8.47. The minimum absolute atomic E-state index is 0.0347. The molecule has 18 heavy (non-hydrogen) atoms. The number of aliphatic carboxylic acids is 1. The third-order valence-electron chi connectivity index (χ3n) is 2.23. The van der Waals surface area contributed by atoms with Crippen LogP contribution in [0.25, 0.3) is 0 Å². The van der Waals surface area contributed by atoms with Crippen LogP contribution in [0.1, 0.15) is 6.42 Å². The molecule has 98 valence electrons. The molecule has 0 spiro atoms. The minimum Gasteiger partial charge on any atom is -0.481 e. The molecule has 1 rings (SSSR count). The molecule has 6 heteroatoms. The van der Waals surface area contributed by atoms with E-state index in [-0.39, 0.29) is 18.9 Å². The Balaban J connectivity index is 2.39. The average Bonchev–Trinajstić information content (AvgIpc) is 2.26. The highest BCUT2D eigenvalue weighted by Crippen LogP contribution is 2.12. The van der Waals surface area contributed by atoms with E-state index in [1.54, 1.807) is 11.9 Å². The second-order valence-electron chi connectivity index (χ2n) is 3.94. The summed E-state index contributed by atoms with van der Waals surface area (Å²) in [6.45, 7) is 0.536. The van der Waals surface area contributed by atoms with Crippen LogP contribution in [0.2, 0.25) is 0 Å². The van der Waals surface area contributed by atoms with Crippen LogP contribution in [0.5, 0.6) is 0 Å². The van der Waals surface area contributed by atoms with Gasteiger partial charge >= 0.3 is 5.97 Å². The van der Waals surface area contributed by atoms with Gasteiger partial charge in [-0.25, -0.2) is 0 Å². The highest BCUT2D eigenvalue weighted by Gasteiger charge is 2.08. The fourth-order valence-electron chi connectivity index (χ4n) is 1.38. The van der Waals surface area contributed by atoms with Gasteiger partial charge in [0.1, 0.15) is 0 Å². The van der Waals surface area contributed by atoms with E-state index in [0.717, 1.165) is 9.26 Å². The van der Waals surface area contributed by atoms with Gasteiger partial charge in [0, 0.05) is 15.8 Å². The van der Waals surface area contributed by atoms with E-state index in [2.05, 4.69) is 27.9 Å². The second-order valence-corrected chi connectivity index (χ2v) is 5.19. The molecule has 0 bridgehead atoms. The van der Waals surface area contributed by atoms with Crippen LogP contribution in [0.4, 0.5) is 5.69 Å². The summed E-state index contributed by atoms with van der Waals surface area (Å²) in [5.41, 5.74) is 0.749. The first-order valence-corrected chi connectivity index (χ1v) is 6.51. The lowest BCUT2D eigenvalue weighted by Gasteiger charge is -2.15. The molecule has 0 saturated carbocycles. The molecule has 1 aromatic rings. The van der Waals surface area contributed by atoms with E-state index in [9.17, 15) is 9.59 Å². The van der Waals surface area contributed by atoms with Gasteiger partial charge in [-0.15, -0.1) is 0 Å². The van der Waals surface area contributed by atoms with Crippen LogP contribution in [-0.4, -0.2) is 42.0 Å². The van der Waals surface area contributed by atoms with Gasteiger partial charge in [-0.1, -0.05) is 6.07 Å². The van der Waals surface area contributed by atoms with Crippen molar-refractivity contribution < 1.29 is 14.7 Å². The zero-order valence-electron chi connectivity index (χ0n) is 10.0. The van der Waals surface area contributed by atoms with E-state index >= 15 is 0 Å². The van der Waals surface area contributed by atoms with Crippen molar-refractivity contribution in [3.63, 3.8) is 0 Å². The zero-order valence-corrected chi connectivity index (χ0v) is 12.2. The highest BCUT2D eigenvalue weighted by atomic mass is 127. The number of benzene rings is 1. The van der Waals surface area contributed by atoms with Gasteiger partial charge in [-0.3, -0.25) is 14.5 Å². The molecule has 0 aliphatic rings. The minimum atomic E-state index is -0.861. The molecule has 0 unspecified atom stereocenters. The molecule has 0 saturated heterocycles. The summed E-state index contributed by atoms with van der Waals surface area (Å²) in [5, 5.41) is 11.3. The number of nitrogens with one attached hydrogen (secondary N) is 1. The van der Waals surface area contributed by atoms with Gasteiger partial charge in [0.2, 0.25) is 5.91 Å². The fraction of sp³-hybridized carbons (Fsp3) is 0.333. The normalized spacial score (nSPS) is 10.4. The van der Waals surface area contributed by atoms with Crippen molar-refractivity contribution in [1.29, 1.82) is 0 Å². The summed E-state index contributed by atoms with van der Waals surface area (Å²) in [5.74, 6) is -1.01. The van der Waals surface area contributed by atoms with Crippen molar-refractivity contribution in [2.24, 2.45) is 0 Å².